The van der Waals surface area contributed by atoms with Crippen LogP contribution in [0.1, 0.15) is 30.7 Å². The molecule has 1 aromatic heterocycles. The van der Waals surface area contributed by atoms with Crippen LogP contribution in [0.5, 0.6) is 0 Å². The van der Waals surface area contributed by atoms with Gasteiger partial charge in [-0.1, -0.05) is 48.4 Å². The number of nitrogens with zero attached hydrogens (tertiary/aromatic N) is 3. The van der Waals surface area contributed by atoms with E-state index in [4.69, 9.17) is 17.3 Å². The monoisotopic (exact) mass is 314 g/mol. The van der Waals surface area contributed by atoms with Crippen LogP contribution >= 0.6 is 11.6 Å². The average molecular weight is 315 g/mol. The molecule has 1 unspecified atom stereocenters. The van der Waals surface area contributed by atoms with Gasteiger partial charge < -0.3 is 10.6 Å². The van der Waals surface area contributed by atoms with Gasteiger partial charge in [-0.3, -0.25) is 0 Å². The van der Waals surface area contributed by atoms with Crippen molar-refractivity contribution in [3.05, 3.63) is 47.2 Å². The van der Waals surface area contributed by atoms with Gasteiger partial charge in [0.1, 0.15) is 17.2 Å². The molecular weight excluding hydrogens is 296 g/mol. The summed E-state index contributed by atoms with van der Waals surface area (Å²) in [5.41, 5.74) is 7.62. The molecule has 2 N–H and O–H groups in total. The van der Waals surface area contributed by atoms with Gasteiger partial charge in [-0.05, 0) is 23.8 Å². The Hall–Kier alpha value is -1.81. The molecule has 0 bridgehead atoms. The summed E-state index contributed by atoms with van der Waals surface area (Å²) in [5, 5.41) is 0.477. The van der Waals surface area contributed by atoms with Crippen LogP contribution in [0.3, 0.4) is 0 Å². The lowest BCUT2D eigenvalue weighted by Gasteiger charge is -2.43. The van der Waals surface area contributed by atoms with Crippen LogP contribution in [-0.4, -0.2) is 23.1 Å². The molecule has 1 aliphatic carbocycles. The van der Waals surface area contributed by atoms with Gasteiger partial charge in [0.15, 0.2) is 5.82 Å². The summed E-state index contributed by atoms with van der Waals surface area (Å²) in [6.07, 6.45) is 5.37. The molecule has 114 valence electrons. The van der Waals surface area contributed by atoms with Crippen LogP contribution in [0.15, 0.2) is 36.7 Å². The van der Waals surface area contributed by atoms with Crippen molar-refractivity contribution in [3.8, 4) is 0 Å². The molecule has 1 spiro atoms. The van der Waals surface area contributed by atoms with Gasteiger partial charge in [0.25, 0.3) is 0 Å². The van der Waals surface area contributed by atoms with Gasteiger partial charge in [0, 0.05) is 19.0 Å². The Morgan fingerprint density at radius 3 is 2.64 bits per heavy atom. The SMILES string of the molecule is Nc1ncnc(N2CC(c3ccccc3)C3(CCC3)C2)c1Cl. The second-order valence-corrected chi connectivity index (χ2v) is 6.83. The molecule has 4 nitrogen and oxygen atoms in total. The lowest BCUT2D eigenvalue weighted by atomic mass is 9.61. The highest BCUT2D eigenvalue weighted by atomic mass is 35.5. The number of nitrogen functional groups attached to an aromatic ring is 1. The molecule has 0 amide bonds. The van der Waals surface area contributed by atoms with Crippen molar-refractivity contribution in [1.29, 1.82) is 0 Å². The first kappa shape index (κ1) is 13.8. The molecule has 2 aliphatic rings. The number of benzene rings is 1. The van der Waals surface area contributed by atoms with Gasteiger partial charge in [0.05, 0.1) is 0 Å². The van der Waals surface area contributed by atoms with E-state index in [1.165, 1.54) is 31.2 Å². The van der Waals surface area contributed by atoms with Crippen LogP contribution < -0.4 is 10.6 Å². The standard InChI is InChI=1S/C17H19ClN4/c18-14-15(19)20-11-21-16(14)22-9-13(12-5-2-1-3-6-12)17(10-22)7-4-8-17/h1-3,5-6,11,13H,4,7-10H2,(H2,19,20,21). The molecule has 2 heterocycles. The fourth-order valence-corrected chi connectivity index (χ4v) is 4.22. The predicted octanol–water partition coefficient (Wildman–Crippen LogP) is 3.49. The van der Waals surface area contributed by atoms with Crippen LogP contribution in [0.25, 0.3) is 0 Å². The van der Waals surface area contributed by atoms with Crippen molar-refractivity contribution in [1.82, 2.24) is 9.97 Å². The van der Waals surface area contributed by atoms with Crippen LogP contribution in [0, 0.1) is 5.41 Å². The largest absolute Gasteiger partial charge is 0.382 e. The Kier molecular flexibility index (Phi) is 3.22. The number of halogens is 1. The van der Waals surface area contributed by atoms with Crippen molar-refractivity contribution in [2.75, 3.05) is 23.7 Å². The van der Waals surface area contributed by atoms with E-state index in [0.717, 1.165) is 18.9 Å². The highest BCUT2D eigenvalue weighted by Crippen LogP contribution is 2.56. The third kappa shape index (κ3) is 2.05. The van der Waals surface area contributed by atoms with E-state index in [-0.39, 0.29) is 0 Å². The Bertz CT molecular complexity index is 684. The second kappa shape index (κ2) is 5.13. The number of anilines is 2. The molecule has 1 saturated heterocycles. The molecule has 1 aliphatic heterocycles. The van der Waals surface area contributed by atoms with Gasteiger partial charge in [0.2, 0.25) is 0 Å². The smallest absolute Gasteiger partial charge is 0.153 e. The summed E-state index contributed by atoms with van der Waals surface area (Å²) < 4.78 is 0. The van der Waals surface area contributed by atoms with Gasteiger partial charge in [-0.15, -0.1) is 0 Å². The van der Waals surface area contributed by atoms with Crippen LogP contribution in [0.4, 0.5) is 11.6 Å². The number of hydrogen-bond donors (Lipinski definition) is 1. The Labute approximate surface area is 135 Å². The van der Waals surface area contributed by atoms with E-state index in [1.54, 1.807) is 0 Å². The third-order valence-corrected chi connectivity index (χ3v) is 5.66. The topological polar surface area (TPSA) is 55.0 Å². The van der Waals surface area contributed by atoms with Crippen molar-refractivity contribution in [2.45, 2.75) is 25.2 Å². The summed E-state index contributed by atoms with van der Waals surface area (Å²) in [5.74, 6) is 1.67. The molecule has 2 fully saturated rings. The molecule has 4 rings (SSSR count). The first-order chi connectivity index (χ1) is 10.7. The summed E-state index contributed by atoms with van der Waals surface area (Å²) in [6.45, 7) is 1.95. The van der Waals surface area contributed by atoms with Crippen molar-refractivity contribution in [3.63, 3.8) is 0 Å². The Balaban J connectivity index is 1.69. The van der Waals surface area contributed by atoms with Crippen molar-refractivity contribution >= 4 is 23.2 Å². The average Bonchev–Trinajstić information content (AvgIpc) is 2.92. The van der Waals surface area contributed by atoms with E-state index >= 15 is 0 Å². The number of aromatic nitrogens is 2. The fraction of sp³-hybridized carbons (Fsp3) is 0.412. The zero-order valence-corrected chi connectivity index (χ0v) is 13.1. The maximum absolute atomic E-state index is 6.33. The molecule has 5 heteroatoms. The summed E-state index contributed by atoms with van der Waals surface area (Å²) in [4.78, 5) is 10.6. The maximum atomic E-state index is 6.33. The zero-order valence-electron chi connectivity index (χ0n) is 12.4. The van der Waals surface area contributed by atoms with Crippen molar-refractivity contribution in [2.24, 2.45) is 5.41 Å². The summed E-state index contributed by atoms with van der Waals surface area (Å²) in [7, 11) is 0. The maximum Gasteiger partial charge on any atom is 0.153 e. The van der Waals surface area contributed by atoms with Gasteiger partial charge in [-0.25, -0.2) is 9.97 Å². The lowest BCUT2D eigenvalue weighted by Crippen LogP contribution is -2.36. The van der Waals surface area contributed by atoms with E-state index in [2.05, 4.69) is 45.2 Å². The minimum atomic E-state index is 0.359. The predicted molar refractivity (Wildman–Crippen MR) is 89.1 cm³/mol. The Morgan fingerprint density at radius 2 is 1.95 bits per heavy atom. The first-order valence-corrected chi connectivity index (χ1v) is 8.13. The highest BCUT2D eigenvalue weighted by molar-refractivity contribution is 6.35. The van der Waals surface area contributed by atoms with E-state index in [1.807, 2.05) is 0 Å². The van der Waals surface area contributed by atoms with Crippen LogP contribution in [0.2, 0.25) is 5.02 Å². The molecule has 0 radical (unpaired) electrons. The lowest BCUT2D eigenvalue weighted by molar-refractivity contribution is 0.139. The minimum absolute atomic E-state index is 0.359. The second-order valence-electron chi connectivity index (χ2n) is 6.46. The molecule has 1 saturated carbocycles. The molecular formula is C17H19ClN4. The molecule has 22 heavy (non-hydrogen) atoms. The fourth-order valence-electron chi connectivity index (χ4n) is 4.01. The molecule has 2 aromatic rings. The number of hydrogen-bond acceptors (Lipinski definition) is 4. The van der Waals surface area contributed by atoms with Gasteiger partial charge in [-0.2, -0.15) is 0 Å². The number of rotatable bonds is 2. The van der Waals surface area contributed by atoms with E-state index in [0.29, 0.717) is 22.2 Å². The third-order valence-electron chi connectivity index (χ3n) is 5.30. The normalized spacial score (nSPS) is 22.8. The summed E-state index contributed by atoms with van der Waals surface area (Å²) >= 11 is 6.33. The zero-order chi connectivity index (χ0) is 15.2. The quantitative estimate of drug-likeness (QED) is 0.922. The Morgan fingerprint density at radius 1 is 1.18 bits per heavy atom. The first-order valence-electron chi connectivity index (χ1n) is 7.75. The van der Waals surface area contributed by atoms with E-state index in [9.17, 15) is 0 Å². The molecule has 1 aromatic carbocycles. The van der Waals surface area contributed by atoms with Crippen molar-refractivity contribution < 1.29 is 0 Å². The minimum Gasteiger partial charge on any atom is -0.382 e. The van der Waals surface area contributed by atoms with E-state index < -0.39 is 0 Å². The van der Waals surface area contributed by atoms with Crippen LogP contribution in [-0.2, 0) is 0 Å². The number of nitrogens with two attached hydrogens (primary N) is 1. The summed E-state index contributed by atoms with van der Waals surface area (Å²) in [6, 6.07) is 10.8. The molecule has 1 atom stereocenters. The van der Waals surface area contributed by atoms with Gasteiger partial charge >= 0.3 is 0 Å². The highest BCUT2D eigenvalue weighted by Gasteiger charge is 2.51.